The van der Waals surface area contributed by atoms with Crippen molar-refractivity contribution in [1.29, 1.82) is 0 Å². The van der Waals surface area contributed by atoms with Gasteiger partial charge < -0.3 is 4.74 Å². The number of benzene rings is 1. The van der Waals surface area contributed by atoms with Crippen LogP contribution < -0.4 is 0 Å². The van der Waals surface area contributed by atoms with Gasteiger partial charge in [-0.2, -0.15) is 5.10 Å². The maximum Gasteiger partial charge on any atom is 0.356 e. The summed E-state index contributed by atoms with van der Waals surface area (Å²) in [6.45, 7) is 8.64. The number of carbonyl (C=O) groups is 1. The lowest BCUT2D eigenvalue weighted by atomic mass is 9.86. The van der Waals surface area contributed by atoms with Crippen molar-refractivity contribution in [1.82, 2.24) is 10.2 Å². The molecule has 2 aromatic rings. The Kier molecular flexibility index (Phi) is 3.93. The highest BCUT2D eigenvalue weighted by Gasteiger charge is 2.16. The fourth-order valence-corrected chi connectivity index (χ4v) is 1.93. The second-order valence-corrected chi connectivity index (χ2v) is 5.72. The van der Waals surface area contributed by atoms with Crippen molar-refractivity contribution in [3.8, 4) is 11.3 Å². The molecule has 1 aromatic heterocycles. The van der Waals surface area contributed by atoms with Gasteiger partial charge in [0.1, 0.15) is 5.69 Å². The van der Waals surface area contributed by atoms with Crippen LogP contribution >= 0.6 is 0 Å². The molecule has 4 nitrogen and oxygen atoms in total. The van der Waals surface area contributed by atoms with Gasteiger partial charge in [-0.25, -0.2) is 4.79 Å². The third kappa shape index (κ3) is 3.07. The van der Waals surface area contributed by atoms with Crippen molar-refractivity contribution in [2.75, 3.05) is 6.61 Å². The zero-order valence-corrected chi connectivity index (χ0v) is 12.4. The quantitative estimate of drug-likeness (QED) is 0.869. The average molecular weight is 272 g/mol. The summed E-state index contributed by atoms with van der Waals surface area (Å²) in [5, 5.41) is 6.91. The highest BCUT2D eigenvalue weighted by molar-refractivity contribution is 5.88. The number of ether oxygens (including phenoxy) is 1. The van der Waals surface area contributed by atoms with Crippen LogP contribution in [0, 0.1) is 0 Å². The summed E-state index contributed by atoms with van der Waals surface area (Å²) < 4.78 is 4.94. The van der Waals surface area contributed by atoms with E-state index in [9.17, 15) is 4.79 Å². The monoisotopic (exact) mass is 272 g/mol. The lowest BCUT2D eigenvalue weighted by Crippen LogP contribution is -2.10. The number of nitrogens with one attached hydrogen (secondary N) is 1. The first-order chi connectivity index (χ1) is 9.41. The zero-order valence-electron chi connectivity index (χ0n) is 12.4. The number of carbonyl (C=O) groups excluding carboxylic acids is 1. The predicted octanol–water partition coefficient (Wildman–Crippen LogP) is 3.55. The van der Waals surface area contributed by atoms with Gasteiger partial charge in [-0.3, -0.25) is 5.10 Å². The van der Waals surface area contributed by atoms with E-state index in [0.717, 1.165) is 11.3 Å². The summed E-state index contributed by atoms with van der Waals surface area (Å²) in [5.74, 6) is -0.377. The molecular weight excluding hydrogens is 252 g/mol. The molecule has 0 radical (unpaired) electrons. The minimum Gasteiger partial charge on any atom is -0.461 e. The molecule has 4 heteroatoms. The molecule has 0 aliphatic rings. The molecule has 0 saturated carbocycles. The Hall–Kier alpha value is -2.10. The van der Waals surface area contributed by atoms with Crippen LogP contribution in [0.2, 0.25) is 0 Å². The molecule has 0 fully saturated rings. The molecule has 20 heavy (non-hydrogen) atoms. The van der Waals surface area contributed by atoms with Crippen molar-refractivity contribution in [3.05, 3.63) is 41.6 Å². The van der Waals surface area contributed by atoms with Crippen LogP contribution in [-0.4, -0.2) is 22.8 Å². The van der Waals surface area contributed by atoms with Gasteiger partial charge >= 0.3 is 5.97 Å². The Morgan fingerprint density at radius 1 is 1.30 bits per heavy atom. The second-order valence-electron chi connectivity index (χ2n) is 5.72. The normalized spacial score (nSPS) is 11.4. The fraction of sp³-hybridized carbons (Fsp3) is 0.375. The van der Waals surface area contributed by atoms with Crippen molar-refractivity contribution >= 4 is 5.97 Å². The van der Waals surface area contributed by atoms with Gasteiger partial charge in [0.2, 0.25) is 0 Å². The summed E-state index contributed by atoms with van der Waals surface area (Å²) in [5.41, 5.74) is 3.43. The van der Waals surface area contributed by atoms with E-state index in [1.54, 1.807) is 13.0 Å². The van der Waals surface area contributed by atoms with Crippen LogP contribution in [0.4, 0.5) is 0 Å². The molecule has 0 bridgehead atoms. The van der Waals surface area contributed by atoms with Gasteiger partial charge in [0, 0.05) is 5.56 Å². The molecule has 0 atom stereocenters. The van der Waals surface area contributed by atoms with Gasteiger partial charge in [-0.05, 0) is 30.0 Å². The predicted molar refractivity (Wildman–Crippen MR) is 78.7 cm³/mol. The third-order valence-electron chi connectivity index (χ3n) is 3.10. The zero-order chi connectivity index (χ0) is 14.8. The van der Waals surface area contributed by atoms with Gasteiger partial charge in [-0.1, -0.05) is 39.0 Å². The number of hydrogen-bond acceptors (Lipinski definition) is 3. The van der Waals surface area contributed by atoms with Crippen LogP contribution in [0.15, 0.2) is 30.3 Å². The van der Waals surface area contributed by atoms with Crippen LogP contribution in [-0.2, 0) is 10.2 Å². The molecule has 1 aromatic carbocycles. The van der Waals surface area contributed by atoms with Crippen LogP contribution in [0.3, 0.4) is 0 Å². The largest absolute Gasteiger partial charge is 0.461 e. The molecule has 106 valence electrons. The first-order valence-corrected chi connectivity index (χ1v) is 6.75. The van der Waals surface area contributed by atoms with Gasteiger partial charge in [0.15, 0.2) is 0 Å². The van der Waals surface area contributed by atoms with E-state index in [1.165, 1.54) is 5.56 Å². The Labute approximate surface area is 119 Å². The third-order valence-corrected chi connectivity index (χ3v) is 3.10. The topological polar surface area (TPSA) is 55.0 Å². The van der Waals surface area contributed by atoms with Crippen LogP contribution in [0.1, 0.15) is 43.7 Å². The number of aromatic nitrogens is 2. The summed E-state index contributed by atoms with van der Waals surface area (Å²) in [4.78, 5) is 11.6. The molecule has 2 rings (SSSR count). The summed E-state index contributed by atoms with van der Waals surface area (Å²) in [6, 6.07) is 9.92. The van der Waals surface area contributed by atoms with Crippen molar-refractivity contribution in [2.45, 2.75) is 33.1 Å². The lowest BCUT2D eigenvalue weighted by molar-refractivity contribution is 0.0519. The summed E-state index contributed by atoms with van der Waals surface area (Å²) in [6.07, 6.45) is 0. The molecule has 0 spiro atoms. The van der Waals surface area contributed by atoms with E-state index in [0.29, 0.717) is 12.3 Å². The van der Waals surface area contributed by atoms with E-state index >= 15 is 0 Å². The number of aromatic amines is 1. The number of esters is 1. The maximum absolute atomic E-state index is 11.6. The van der Waals surface area contributed by atoms with Crippen molar-refractivity contribution in [2.24, 2.45) is 0 Å². The minimum atomic E-state index is -0.377. The molecule has 0 amide bonds. The highest BCUT2D eigenvalue weighted by Crippen LogP contribution is 2.26. The van der Waals surface area contributed by atoms with E-state index in [-0.39, 0.29) is 11.4 Å². The van der Waals surface area contributed by atoms with E-state index in [4.69, 9.17) is 4.74 Å². The molecule has 0 unspecified atom stereocenters. The van der Waals surface area contributed by atoms with Crippen molar-refractivity contribution in [3.63, 3.8) is 0 Å². The van der Waals surface area contributed by atoms with E-state index in [1.807, 2.05) is 12.1 Å². The van der Waals surface area contributed by atoms with E-state index in [2.05, 4.69) is 43.1 Å². The Bertz CT molecular complexity index is 609. The molecular formula is C16H20N2O2. The number of hydrogen-bond donors (Lipinski definition) is 1. The number of H-pyrrole nitrogens is 1. The minimum absolute atomic E-state index is 0.0797. The van der Waals surface area contributed by atoms with E-state index < -0.39 is 0 Å². The molecule has 0 saturated heterocycles. The summed E-state index contributed by atoms with van der Waals surface area (Å²) >= 11 is 0. The van der Waals surface area contributed by atoms with Crippen LogP contribution in [0.5, 0.6) is 0 Å². The first-order valence-electron chi connectivity index (χ1n) is 6.75. The summed E-state index contributed by atoms with van der Waals surface area (Å²) in [7, 11) is 0. The smallest absolute Gasteiger partial charge is 0.356 e. The van der Waals surface area contributed by atoms with Crippen LogP contribution in [0.25, 0.3) is 11.3 Å². The molecule has 0 aliphatic carbocycles. The SMILES string of the molecule is CCOC(=O)c1cc(-c2cccc(C(C)(C)C)c2)n[nH]1. The number of nitrogens with zero attached hydrogens (tertiary/aromatic N) is 1. The Morgan fingerprint density at radius 2 is 2.05 bits per heavy atom. The fourth-order valence-electron chi connectivity index (χ4n) is 1.93. The standard InChI is InChI=1S/C16H20N2O2/c1-5-20-15(19)14-10-13(17-18-14)11-7-6-8-12(9-11)16(2,3)4/h6-10H,5H2,1-4H3,(H,17,18). The number of rotatable bonds is 3. The average Bonchev–Trinajstić information content (AvgIpc) is 2.88. The lowest BCUT2D eigenvalue weighted by Gasteiger charge is -2.19. The highest BCUT2D eigenvalue weighted by atomic mass is 16.5. The van der Waals surface area contributed by atoms with Gasteiger partial charge in [-0.15, -0.1) is 0 Å². The maximum atomic E-state index is 11.6. The Balaban J connectivity index is 2.31. The van der Waals surface area contributed by atoms with Crippen molar-refractivity contribution < 1.29 is 9.53 Å². The molecule has 0 aliphatic heterocycles. The first kappa shape index (κ1) is 14.3. The molecule has 1 heterocycles. The Morgan fingerprint density at radius 3 is 2.70 bits per heavy atom. The van der Waals surface area contributed by atoms with Gasteiger partial charge in [0.05, 0.1) is 12.3 Å². The second kappa shape index (κ2) is 5.49. The molecule has 1 N–H and O–H groups in total. The van der Waals surface area contributed by atoms with Gasteiger partial charge in [0.25, 0.3) is 0 Å².